The minimum atomic E-state index is -0.431. The Hall–Kier alpha value is -8.60. The minimum Gasteiger partial charge on any atom is -0.256 e. The molecule has 4 saturated carbocycles. The van der Waals surface area contributed by atoms with Crippen LogP contribution in [0.1, 0.15) is 65.5 Å². The van der Waals surface area contributed by atoms with Gasteiger partial charge in [-0.1, -0.05) is 200 Å². The summed E-state index contributed by atoms with van der Waals surface area (Å²) in [6.07, 6.45) is 8.69. The lowest BCUT2D eigenvalue weighted by Crippen LogP contribution is -2.59. The topological polar surface area (TPSA) is 51.6 Å². The van der Waals surface area contributed by atoms with Gasteiger partial charge in [-0.05, 0) is 152 Å². The fourth-order valence-corrected chi connectivity index (χ4v) is 15.7. The molecule has 75 heavy (non-hydrogen) atoms. The first-order valence-corrected chi connectivity index (χ1v) is 27.0. The zero-order valence-electron chi connectivity index (χ0n) is 41.6. The van der Waals surface area contributed by atoms with Crippen LogP contribution in [-0.4, -0.2) is 19.9 Å². The summed E-state index contributed by atoms with van der Waals surface area (Å²) in [7, 11) is 0. The molecule has 0 N–H and O–H groups in total. The van der Waals surface area contributed by atoms with E-state index in [1.54, 1.807) is 11.1 Å². The van der Waals surface area contributed by atoms with E-state index in [1.165, 1.54) is 76.6 Å². The third-order valence-electron chi connectivity index (χ3n) is 18.4. The highest BCUT2D eigenvalue weighted by Crippen LogP contribution is 2.71. The number of rotatable bonds is 6. The first-order valence-electron chi connectivity index (χ1n) is 27.0. The predicted molar refractivity (Wildman–Crippen MR) is 303 cm³/mol. The summed E-state index contributed by atoms with van der Waals surface area (Å²) in [5, 5.41) is 1.12. The van der Waals surface area contributed by atoms with Crippen LogP contribution < -0.4 is 0 Å². The molecular weight excluding hydrogens is 909 g/mol. The lowest BCUT2D eigenvalue weighted by Gasteiger charge is -2.65. The number of aromatic nitrogens is 4. The molecule has 4 nitrogen and oxygen atoms in total. The highest BCUT2D eigenvalue weighted by molar-refractivity contribution is 5.94. The fraction of sp³-hybridized carbons (Fsp3) is 0.155. The number of hydrogen-bond acceptors (Lipinski definition) is 4. The van der Waals surface area contributed by atoms with Gasteiger partial charge >= 0.3 is 0 Å². The minimum absolute atomic E-state index is 0.00578. The normalized spacial score (nSPS) is 21.0. The Bertz CT molecular complexity index is 4020. The lowest BCUT2D eigenvalue weighted by molar-refractivity contribution is -0.0440. The van der Waals surface area contributed by atoms with Crippen LogP contribution in [0.3, 0.4) is 0 Å². The molecule has 2 heterocycles. The molecular formula is C71H52N4. The zero-order valence-corrected chi connectivity index (χ0v) is 41.6. The van der Waals surface area contributed by atoms with Gasteiger partial charge in [0.2, 0.25) is 0 Å². The average molecular weight is 961 g/mol. The second-order valence-electron chi connectivity index (χ2n) is 22.1. The summed E-state index contributed by atoms with van der Waals surface area (Å²) in [5.41, 5.74) is 22.0. The molecule has 0 aliphatic heterocycles. The van der Waals surface area contributed by atoms with Gasteiger partial charge in [0.05, 0.1) is 10.9 Å². The molecule has 4 fully saturated rings. The largest absolute Gasteiger partial charge is 0.256 e. The second kappa shape index (κ2) is 16.5. The van der Waals surface area contributed by atoms with Crippen molar-refractivity contribution in [1.82, 2.24) is 19.9 Å². The van der Waals surface area contributed by atoms with E-state index in [9.17, 15) is 0 Å². The number of benzene rings is 9. The number of pyridine rings is 1. The van der Waals surface area contributed by atoms with Gasteiger partial charge in [-0.2, -0.15) is 0 Å². The van der Waals surface area contributed by atoms with Crippen molar-refractivity contribution >= 4 is 10.9 Å². The van der Waals surface area contributed by atoms with Gasteiger partial charge in [-0.3, -0.25) is 4.98 Å². The Kier molecular flexibility index (Phi) is 9.40. The molecule has 9 aromatic carbocycles. The molecule has 0 atom stereocenters. The molecule has 4 bridgehead atoms. The van der Waals surface area contributed by atoms with Crippen molar-refractivity contribution in [2.45, 2.75) is 42.9 Å². The molecule has 0 saturated heterocycles. The standard InChI is InChI=1S/C71H52N4/c1-2-14-48(15-3-1)67-73-68(49-31-29-46(30-32-49)57-24-12-16-47-21-13-35-72-66(47)57)75-69(74-67)54-20-11-19-52(42-54)50-17-10-18-51(41-50)53-33-34-64-65(43-53)71(60-25-6-4-22-58(60)59-23-5-7-26-61(59)71)63-28-9-8-27-62(63)70(64)55-37-44-36-45(39-55)40-56(70)38-44/h1-35,41-45,55-56H,36-40H2. The van der Waals surface area contributed by atoms with Crippen LogP contribution >= 0.6 is 0 Å². The first-order chi connectivity index (χ1) is 37.1. The highest BCUT2D eigenvalue weighted by atomic mass is 15.0. The van der Waals surface area contributed by atoms with Gasteiger partial charge in [0.15, 0.2) is 17.5 Å². The fourth-order valence-electron chi connectivity index (χ4n) is 15.7. The van der Waals surface area contributed by atoms with Crippen molar-refractivity contribution in [3.05, 3.63) is 264 Å². The highest BCUT2D eigenvalue weighted by Gasteiger charge is 2.64. The molecule has 2 spiro atoms. The number of hydrogen-bond donors (Lipinski definition) is 0. The van der Waals surface area contributed by atoms with Crippen LogP contribution in [0.4, 0.5) is 0 Å². The van der Waals surface area contributed by atoms with Crippen molar-refractivity contribution < 1.29 is 0 Å². The Morgan fingerprint density at radius 1 is 0.307 bits per heavy atom. The summed E-state index contributed by atoms with van der Waals surface area (Å²) in [6, 6.07) is 83.1. The molecule has 6 aliphatic carbocycles. The Morgan fingerprint density at radius 2 is 0.760 bits per heavy atom. The second-order valence-corrected chi connectivity index (χ2v) is 22.1. The molecule has 2 aromatic heterocycles. The van der Waals surface area contributed by atoms with Crippen LogP contribution in [0.15, 0.2) is 231 Å². The van der Waals surface area contributed by atoms with Crippen LogP contribution in [0.2, 0.25) is 0 Å². The molecule has 0 unspecified atom stereocenters. The van der Waals surface area contributed by atoms with Crippen molar-refractivity contribution in [2.75, 3.05) is 0 Å². The summed E-state index contributed by atoms with van der Waals surface area (Å²) in [6.45, 7) is 0. The predicted octanol–water partition coefficient (Wildman–Crippen LogP) is 16.8. The maximum Gasteiger partial charge on any atom is 0.164 e. The average Bonchev–Trinajstić information content (AvgIpc) is 4.06. The molecule has 0 radical (unpaired) electrons. The van der Waals surface area contributed by atoms with E-state index in [4.69, 9.17) is 19.9 Å². The first kappa shape index (κ1) is 42.9. The monoisotopic (exact) mass is 960 g/mol. The van der Waals surface area contributed by atoms with Gasteiger partial charge in [-0.25, -0.2) is 15.0 Å². The maximum absolute atomic E-state index is 5.20. The quantitative estimate of drug-likeness (QED) is 0.167. The van der Waals surface area contributed by atoms with E-state index < -0.39 is 5.41 Å². The Labute approximate surface area is 437 Å². The summed E-state index contributed by atoms with van der Waals surface area (Å²) in [4.78, 5) is 20.2. The smallest absolute Gasteiger partial charge is 0.164 e. The maximum atomic E-state index is 5.20. The van der Waals surface area contributed by atoms with E-state index in [1.807, 2.05) is 30.5 Å². The lowest BCUT2D eigenvalue weighted by atomic mass is 9.38. The van der Waals surface area contributed by atoms with E-state index in [0.29, 0.717) is 29.3 Å². The van der Waals surface area contributed by atoms with Crippen molar-refractivity contribution in [1.29, 1.82) is 0 Å². The van der Waals surface area contributed by atoms with E-state index >= 15 is 0 Å². The van der Waals surface area contributed by atoms with Crippen molar-refractivity contribution in [3.8, 4) is 78.7 Å². The number of nitrogens with zero attached hydrogens (tertiary/aromatic N) is 4. The van der Waals surface area contributed by atoms with E-state index in [2.05, 4.69) is 200 Å². The summed E-state index contributed by atoms with van der Waals surface area (Å²) < 4.78 is 0. The Morgan fingerprint density at radius 3 is 1.43 bits per heavy atom. The van der Waals surface area contributed by atoms with Gasteiger partial charge in [-0.15, -0.1) is 0 Å². The SMILES string of the molecule is c1ccc(-c2nc(-c3ccc(-c4cccc5cccnc45)cc3)nc(-c3cccc(-c4cccc(-c5ccc6c(c5)C5(c7ccccc7-c7ccccc75)c5ccccc5C65C6CC7CC(C6)CC5C7)c4)c3)n2)cc1. The van der Waals surface area contributed by atoms with E-state index in [0.717, 1.165) is 61.7 Å². The van der Waals surface area contributed by atoms with Crippen LogP contribution in [-0.2, 0) is 10.8 Å². The summed E-state index contributed by atoms with van der Waals surface area (Å²) >= 11 is 0. The molecule has 0 amide bonds. The third-order valence-corrected chi connectivity index (χ3v) is 18.4. The van der Waals surface area contributed by atoms with Gasteiger partial charge < -0.3 is 0 Å². The van der Waals surface area contributed by atoms with E-state index in [-0.39, 0.29) is 5.41 Å². The van der Waals surface area contributed by atoms with Crippen molar-refractivity contribution in [3.63, 3.8) is 0 Å². The molecule has 4 heteroatoms. The molecule has 11 aromatic rings. The van der Waals surface area contributed by atoms with Gasteiger partial charge in [0.1, 0.15) is 0 Å². The van der Waals surface area contributed by atoms with Gasteiger partial charge in [0.25, 0.3) is 0 Å². The van der Waals surface area contributed by atoms with Crippen LogP contribution in [0, 0.1) is 23.7 Å². The van der Waals surface area contributed by atoms with Crippen LogP contribution in [0.25, 0.3) is 89.6 Å². The third kappa shape index (κ3) is 6.29. The number of para-hydroxylation sites is 1. The molecule has 356 valence electrons. The number of fused-ring (bicyclic) bond motifs is 10. The Balaban J connectivity index is 0.818. The summed E-state index contributed by atoms with van der Waals surface area (Å²) in [5.74, 6) is 4.95. The zero-order chi connectivity index (χ0) is 49.2. The molecule has 17 rings (SSSR count). The van der Waals surface area contributed by atoms with Crippen molar-refractivity contribution in [2.24, 2.45) is 23.7 Å². The van der Waals surface area contributed by atoms with Gasteiger partial charge in [0, 0.05) is 39.3 Å². The van der Waals surface area contributed by atoms with Crippen LogP contribution in [0.5, 0.6) is 0 Å². The molecule has 6 aliphatic rings.